The van der Waals surface area contributed by atoms with Crippen molar-refractivity contribution in [3.05, 3.63) is 31.6 Å². The number of rotatable bonds is 3. The molecule has 0 aromatic heterocycles. The van der Waals surface area contributed by atoms with E-state index in [4.69, 9.17) is 5.11 Å². The van der Waals surface area contributed by atoms with Gasteiger partial charge in [0.15, 0.2) is 0 Å². The second kappa shape index (κ2) is 4.91. The average Bonchev–Trinajstić information content (AvgIpc) is 2.52. The van der Waals surface area contributed by atoms with Gasteiger partial charge in [-0.1, -0.05) is 0 Å². The summed E-state index contributed by atoms with van der Waals surface area (Å²) in [5, 5.41) is 8.49. The molecule has 0 unspecified atom stereocenters. The fraction of sp³-hybridized carbons (Fsp3) is 0.250. The van der Waals surface area contributed by atoms with Gasteiger partial charge in [-0.05, 0) is 0 Å². The van der Waals surface area contributed by atoms with Crippen molar-refractivity contribution in [1.82, 2.24) is 0 Å². The van der Waals surface area contributed by atoms with Gasteiger partial charge in [0, 0.05) is 0 Å². The first-order valence-electron chi connectivity index (χ1n) is 3.39. The molecule has 1 fully saturated rings. The molecule has 0 amide bonds. The molecule has 58 valence electrons. The van der Waals surface area contributed by atoms with Crippen LogP contribution >= 0.6 is 0 Å². The molecule has 0 aliphatic heterocycles. The number of aliphatic imine (C=N–C) groups is 1. The van der Waals surface area contributed by atoms with Crippen LogP contribution in [0.3, 0.4) is 0 Å². The molecule has 6 radical (unpaired) electrons. The Morgan fingerprint density at radius 1 is 1.45 bits per heavy atom. The Morgan fingerprint density at radius 2 is 2.09 bits per heavy atom. The van der Waals surface area contributed by atoms with E-state index in [0.29, 0.717) is 6.54 Å². The first-order chi connectivity index (χ1) is 5.34. The third-order valence-electron chi connectivity index (χ3n) is 1.27. The molecule has 1 saturated carbocycles. The van der Waals surface area contributed by atoms with Crippen LogP contribution in [0, 0.1) is 31.6 Å². The van der Waals surface area contributed by atoms with Crippen molar-refractivity contribution in [2.45, 2.75) is 0 Å². The van der Waals surface area contributed by atoms with Crippen molar-refractivity contribution in [2.24, 2.45) is 4.99 Å². The van der Waals surface area contributed by atoms with E-state index >= 15 is 0 Å². The molecule has 0 bridgehead atoms. The summed E-state index contributed by atoms with van der Waals surface area (Å²) in [7, 11) is 0. The fourth-order valence-corrected chi connectivity index (χ4v) is 1.24. The SMILES string of the molecule is OCCN=C([Se])[C]1[CH][CH][CH][CH]1. The summed E-state index contributed by atoms with van der Waals surface area (Å²) in [4.78, 5) is 4.10. The van der Waals surface area contributed by atoms with Crippen molar-refractivity contribution in [3.63, 3.8) is 0 Å². The predicted octanol–water partition coefficient (Wildman–Crippen LogP) is -0.0491. The van der Waals surface area contributed by atoms with Crippen molar-refractivity contribution in [1.29, 1.82) is 0 Å². The molecule has 0 atom stereocenters. The number of hydrogen-bond acceptors (Lipinski definition) is 2. The van der Waals surface area contributed by atoms with Gasteiger partial charge in [-0.3, -0.25) is 0 Å². The normalized spacial score (nSPS) is 21.0. The number of nitrogens with zero attached hydrogens (tertiary/aromatic N) is 1. The molecule has 0 spiro atoms. The van der Waals surface area contributed by atoms with Gasteiger partial charge in [0.05, 0.1) is 0 Å². The number of hydrogen-bond donors (Lipinski definition) is 1. The van der Waals surface area contributed by atoms with Gasteiger partial charge in [-0.15, -0.1) is 0 Å². The summed E-state index contributed by atoms with van der Waals surface area (Å²) in [6, 6.07) is 0. The topological polar surface area (TPSA) is 32.6 Å². The molecule has 1 aliphatic rings. The van der Waals surface area contributed by atoms with Gasteiger partial charge in [0.2, 0.25) is 0 Å². The van der Waals surface area contributed by atoms with Gasteiger partial charge >= 0.3 is 75.5 Å². The van der Waals surface area contributed by atoms with Gasteiger partial charge in [-0.2, -0.15) is 0 Å². The van der Waals surface area contributed by atoms with Crippen LogP contribution < -0.4 is 0 Å². The molecule has 1 N–H and O–H groups in total. The Hall–Kier alpha value is 0.149. The molecule has 1 aliphatic carbocycles. The van der Waals surface area contributed by atoms with Crippen LogP contribution in [0.15, 0.2) is 4.99 Å². The minimum absolute atomic E-state index is 0.103. The van der Waals surface area contributed by atoms with E-state index in [-0.39, 0.29) is 6.61 Å². The van der Waals surface area contributed by atoms with Crippen LogP contribution in [-0.2, 0) is 0 Å². The van der Waals surface area contributed by atoms with E-state index in [1.165, 1.54) is 0 Å². The Labute approximate surface area is 75.9 Å². The second-order valence-corrected chi connectivity index (χ2v) is 2.90. The molecular weight excluding hydrogens is 205 g/mol. The zero-order valence-corrected chi connectivity index (χ0v) is 7.74. The molecule has 1 rings (SSSR count). The number of aliphatic hydroxyl groups is 1. The van der Waals surface area contributed by atoms with Gasteiger partial charge in [0.25, 0.3) is 0 Å². The monoisotopic (exact) mass is 215 g/mol. The van der Waals surface area contributed by atoms with Crippen molar-refractivity contribution in [3.8, 4) is 0 Å². The number of aliphatic hydroxyl groups excluding tert-OH is 1. The van der Waals surface area contributed by atoms with E-state index in [1.807, 2.05) is 25.7 Å². The van der Waals surface area contributed by atoms with E-state index in [1.54, 1.807) is 0 Å². The molecule has 0 aromatic carbocycles. The quantitative estimate of drug-likeness (QED) is 0.518. The van der Waals surface area contributed by atoms with Crippen molar-refractivity contribution >= 4 is 20.6 Å². The third kappa shape index (κ3) is 2.94. The molecular formula is C8H9NOSe. The maximum atomic E-state index is 8.49. The van der Waals surface area contributed by atoms with Crippen LogP contribution in [0.4, 0.5) is 0 Å². The standard InChI is InChI=1S/C8H9NOSe/c10-6-5-9-8(11)7-3-1-2-4-7/h1-4,10H,5-6H2. The summed E-state index contributed by atoms with van der Waals surface area (Å²) in [6.45, 7) is 0.569. The van der Waals surface area contributed by atoms with Crippen molar-refractivity contribution in [2.75, 3.05) is 13.2 Å². The third-order valence-corrected chi connectivity index (χ3v) is 2.03. The summed E-state index contributed by atoms with van der Waals surface area (Å²) >= 11 is 2.85. The second-order valence-electron chi connectivity index (χ2n) is 2.08. The Bertz CT molecular complexity index is 141. The molecule has 2 nitrogen and oxygen atoms in total. The van der Waals surface area contributed by atoms with Crippen LogP contribution in [-0.4, -0.2) is 38.9 Å². The first-order valence-corrected chi connectivity index (χ1v) is 4.24. The first kappa shape index (κ1) is 9.24. The maximum absolute atomic E-state index is 8.49. The van der Waals surface area contributed by atoms with Gasteiger partial charge in [0.1, 0.15) is 0 Å². The molecule has 0 aromatic rings. The van der Waals surface area contributed by atoms with Gasteiger partial charge in [-0.25, -0.2) is 0 Å². The molecule has 0 heterocycles. The van der Waals surface area contributed by atoms with Crippen LogP contribution in [0.2, 0.25) is 0 Å². The van der Waals surface area contributed by atoms with Crippen molar-refractivity contribution < 1.29 is 5.11 Å². The Morgan fingerprint density at radius 3 is 2.64 bits per heavy atom. The Balaban J connectivity index is 2.32. The van der Waals surface area contributed by atoms with E-state index in [2.05, 4.69) is 21.0 Å². The zero-order chi connectivity index (χ0) is 8.10. The summed E-state index contributed by atoms with van der Waals surface area (Å²) in [6.07, 6.45) is 7.88. The molecule has 11 heavy (non-hydrogen) atoms. The Kier molecular flexibility index (Phi) is 4.13. The summed E-state index contributed by atoms with van der Waals surface area (Å²) in [5.41, 5.74) is 0. The average molecular weight is 214 g/mol. The molecule has 0 saturated heterocycles. The van der Waals surface area contributed by atoms with Crippen LogP contribution in [0.5, 0.6) is 0 Å². The zero-order valence-electron chi connectivity index (χ0n) is 6.03. The van der Waals surface area contributed by atoms with Crippen LogP contribution in [0.25, 0.3) is 0 Å². The van der Waals surface area contributed by atoms with Crippen LogP contribution in [0.1, 0.15) is 0 Å². The summed E-state index contributed by atoms with van der Waals surface area (Å²) in [5.74, 6) is 1.08. The van der Waals surface area contributed by atoms with E-state index in [0.717, 1.165) is 10.5 Å². The molecule has 3 heteroatoms. The predicted molar refractivity (Wildman–Crippen MR) is 45.6 cm³/mol. The minimum atomic E-state index is 0.103. The van der Waals surface area contributed by atoms with E-state index in [9.17, 15) is 0 Å². The summed E-state index contributed by atoms with van der Waals surface area (Å²) < 4.78 is 0.865. The van der Waals surface area contributed by atoms with E-state index < -0.39 is 0 Å². The van der Waals surface area contributed by atoms with Gasteiger partial charge < -0.3 is 0 Å². The fourth-order valence-electron chi connectivity index (χ4n) is 0.759.